The van der Waals surface area contributed by atoms with Gasteiger partial charge >= 0.3 is 5.97 Å². The number of nitrogens with one attached hydrogen (secondary N) is 1. The van der Waals surface area contributed by atoms with Gasteiger partial charge in [0.15, 0.2) is 11.7 Å². The number of halogens is 1. The third kappa shape index (κ3) is 4.81. The normalized spacial score (nSPS) is 10.5. The van der Waals surface area contributed by atoms with Crippen molar-refractivity contribution in [3.8, 4) is 11.3 Å². The standard InChI is InChI=1S/C20H17BrN2O3S/c1-12-5-3-8-16(13(12)2)19(25)26-10-18(24)23-20-22-17(11-27-20)14-6-4-7-15(21)9-14/h3-9,11H,10H2,1-2H3,(H,22,23,24). The van der Waals surface area contributed by atoms with Gasteiger partial charge in [0.05, 0.1) is 11.3 Å². The molecule has 3 rings (SSSR count). The molecule has 0 aliphatic heterocycles. The van der Waals surface area contributed by atoms with Gasteiger partial charge in [-0.2, -0.15) is 0 Å². The van der Waals surface area contributed by atoms with Crippen LogP contribution in [0.25, 0.3) is 11.3 Å². The van der Waals surface area contributed by atoms with Crippen molar-refractivity contribution in [2.24, 2.45) is 0 Å². The van der Waals surface area contributed by atoms with Crippen molar-refractivity contribution in [3.05, 3.63) is 69.0 Å². The van der Waals surface area contributed by atoms with Crippen molar-refractivity contribution in [2.45, 2.75) is 13.8 Å². The number of hydrogen-bond donors (Lipinski definition) is 1. The fraction of sp³-hybridized carbons (Fsp3) is 0.150. The number of rotatable bonds is 5. The Labute approximate surface area is 169 Å². The van der Waals surface area contributed by atoms with Crippen molar-refractivity contribution < 1.29 is 14.3 Å². The van der Waals surface area contributed by atoms with Crippen molar-refractivity contribution in [3.63, 3.8) is 0 Å². The van der Waals surface area contributed by atoms with Gasteiger partial charge in [0.2, 0.25) is 0 Å². The van der Waals surface area contributed by atoms with Crippen LogP contribution in [0.15, 0.2) is 52.3 Å². The Morgan fingerprint density at radius 3 is 2.74 bits per heavy atom. The van der Waals surface area contributed by atoms with Gasteiger partial charge in [0.25, 0.3) is 5.91 Å². The van der Waals surface area contributed by atoms with Crippen molar-refractivity contribution >= 4 is 44.3 Å². The molecule has 138 valence electrons. The zero-order valence-electron chi connectivity index (χ0n) is 14.8. The number of carbonyl (C=O) groups is 2. The van der Waals surface area contributed by atoms with E-state index in [0.717, 1.165) is 26.9 Å². The van der Waals surface area contributed by atoms with Gasteiger partial charge in [0.1, 0.15) is 0 Å². The summed E-state index contributed by atoms with van der Waals surface area (Å²) < 4.78 is 6.08. The second kappa shape index (κ2) is 8.45. The van der Waals surface area contributed by atoms with Crippen LogP contribution in [0.3, 0.4) is 0 Å². The summed E-state index contributed by atoms with van der Waals surface area (Å²) in [5, 5.41) is 4.98. The maximum atomic E-state index is 12.2. The lowest BCUT2D eigenvalue weighted by atomic mass is 10.0. The molecule has 0 radical (unpaired) electrons. The lowest BCUT2D eigenvalue weighted by Gasteiger charge is -2.08. The van der Waals surface area contributed by atoms with Gasteiger partial charge in [-0.15, -0.1) is 11.3 Å². The first kappa shape index (κ1) is 19.3. The van der Waals surface area contributed by atoms with Gasteiger partial charge in [0, 0.05) is 15.4 Å². The van der Waals surface area contributed by atoms with E-state index in [-0.39, 0.29) is 6.61 Å². The second-order valence-corrected chi connectivity index (χ2v) is 7.69. The summed E-state index contributed by atoms with van der Waals surface area (Å²) in [5.74, 6) is -0.941. The molecule has 0 aliphatic rings. The number of hydrogen-bond acceptors (Lipinski definition) is 5. The third-order valence-electron chi connectivity index (χ3n) is 4.03. The van der Waals surface area contributed by atoms with E-state index in [1.165, 1.54) is 11.3 Å². The van der Waals surface area contributed by atoms with E-state index >= 15 is 0 Å². The monoisotopic (exact) mass is 444 g/mol. The molecular weight excluding hydrogens is 428 g/mol. The van der Waals surface area contributed by atoms with Crippen LogP contribution in [0, 0.1) is 13.8 Å². The molecule has 1 heterocycles. The van der Waals surface area contributed by atoms with Gasteiger partial charge in [-0.1, -0.05) is 40.2 Å². The molecule has 0 spiro atoms. The van der Waals surface area contributed by atoms with Crippen LogP contribution < -0.4 is 5.32 Å². The number of anilines is 1. The fourth-order valence-corrected chi connectivity index (χ4v) is 3.58. The molecule has 0 fully saturated rings. The molecule has 3 aromatic rings. The SMILES string of the molecule is Cc1cccc(C(=O)OCC(=O)Nc2nc(-c3cccc(Br)c3)cs2)c1C. The summed E-state index contributed by atoms with van der Waals surface area (Å²) in [7, 11) is 0. The first-order valence-electron chi connectivity index (χ1n) is 8.18. The number of aryl methyl sites for hydroxylation is 1. The van der Waals surface area contributed by atoms with Gasteiger partial charge < -0.3 is 4.74 Å². The van der Waals surface area contributed by atoms with E-state index < -0.39 is 11.9 Å². The van der Waals surface area contributed by atoms with Crippen LogP contribution in [0.2, 0.25) is 0 Å². The molecular formula is C20H17BrN2O3S. The maximum Gasteiger partial charge on any atom is 0.338 e. The van der Waals surface area contributed by atoms with Crippen molar-refractivity contribution in [1.29, 1.82) is 0 Å². The Hall–Kier alpha value is -2.51. The van der Waals surface area contributed by atoms with E-state index in [9.17, 15) is 9.59 Å². The highest BCUT2D eigenvalue weighted by Gasteiger charge is 2.14. The number of benzene rings is 2. The van der Waals surface area contributed by atoms with E-state index in [2.05, 4.69) is 26.2 Å². The van der Waals surface area contributed by atoms with Crippen molar-refractivity contribution in [1.82, 2.24) is 4.98 Å². The van der Waals surface area contributed by atoms with Crippen LogP contribution in [-0.2, 0) is 9.53 Å². The number of esters is 1. The molecule has 2 aromatic carbocycles. The summed E-state index contributed by atoms with van der Waals surface area (Å²) >= 11 is 4.74. The minimum absolute atomic E-state index is 0.363. The van der Waals surface area contributed by atoms with Crippen LogP contribution in [0.5, 0.6) is 0 Å². The number of amides is 1. The lowest BCUT2D eigenvalue weighted by Crippen LogP contribution is -2.21. The van der Waals surface area contributed by atoms with Crippen LogP contribution >= 0.6 is 27.3 Å². The molecule has 7 heteroatoms. The number of nitrogens with zero attached hydrogens (tertiary/aromatic N) is 1. The molecule has 0 saturated heterocycles. The minimum atomic E-state index is -0.514. The van der Waals surface area contributed by atoms with Crippen LogP contribution in [0.4, 0.5) is 5.13 Å². The Morgan fingerprint density at radius 2 is 1.96 bits per heavy atom. The molecule has 1 amide bonds. The zero-order chi connectivity index (χ0) is 19.4. The van der Waals surface area contributed by atoms with Gasteiger partial charge in [-0.25, -0.2) is 9.78 Å². The Balaban J connectivity index is 1.58. The lowest BCUT2D eigenvalue weighted by molar-refractivity contribution is -0.119. The van der Waals surface area contributed by atoms with Gasteiger partial charge in [-0.05, 0) is 43.2 Å². The maximum absolute atomic E-state index is 12.2. The van der Waals surface area contributed by atoms with E-state index in [4.69, 9.17) is 4.74 Å². The highest BCUT2D eigenvalue weighted by Crippen LogP contribution is 2.26. The van der Waals surface area contributed by atoms with Gasteiger partial charge in [-0.3, -0.25) is 10.1 Å². The Kier molecular flexibility index (Phi) is 6.03. The molecule has 1 N–H and O–H groups in total. The predicted octanol–water partition coefficient (Wildman–Crippen LogP) is 4.98. The molecule has 0 atom stereocenters. The first-order valence-corrected chi connectivity index (χ1v) is 9.86. The summed E-state index contributed by atoms with van der Waals surface area (Å²) in [5.41, 5.74) is 4.03. The number of ether oxygens (including phenoxy) is 1. The van der Waals surface area contributed by atoms with E-state index in [1.54, 1.807) is 12.1 Å². The molecule has 5 nitrogen and oxygen atoms in total. The minimum Gasteiger partial charge on any atom is -0.452 e. The number of thiazole rings is 1. The molecule has 27 heavy (non-hydrogen) atoms. The average molecular weight is 445 g/mol. The van der Waals surface area contributed by atoms with E-state index in [1.807, 2.05) is 49.6 Å². The van der Waals surface area contributed by atoms with E-state index in [0.29, 0.717) is 10.7 Å². The zero-order valence-corrected chi connectivity index (χ0v) is 17.2. The molecule has 1 aromatic heterocycles. The summed E-state index contributed by atoms with van der Waals surface area (Å²) in [6.07, 6.45) is 0. The van der Waals surface area contributed by atoms with Crippen LogP contribution in [-0.4, -0.2) is 23.5 Å². The predicted molar refractivity (Wildman–Crippen MR) is 110 cm³/mol. The molecule has 0 saturated carbocycles. The topological polar surface area (TPSA) is 68.3 Å². The molecule has 0 aliphatic carbocycles. The average Bonchev–Trinajstić information content (AvgIpc) is 3.10. The Morgan fingerprint density at radius 1 is 1.19 bits per heavy atom. The largest absolute Gasteiger partial charge is 0.452 e. The molecule has 0 unspecified atom stereocenters. The Bertz CT molecular complexity index is 1000. The highest BCUT2D eigenvalue weighted by molar-refractivity contribution is 9.10. The quantitative estimate of drug-likeness (QED) is 0.563. The number of carbonyl (C=O) groups excluding carboxylic acids is 2. The first-order chi connectivity index (χ1) is 12.9. The highest BCUT2D eigenvalue weighted by atomic mass is 79.9. The molecule has 0 bridgehead atoms. The summed E-state index contributed by atoms with van der Waals surface area (Å²) in [6.45, 7) is 3.41. The van der Waals surface area contributed by atoms with Crippen molar-refractivity contribution in [2.75, 3.05) is 11.9 Å². The fourth-order valence-electron chi connectivity index (χ4n) is 2.45. The second-order valence-electron chi connectivity index (χ2n) is 5.92. The smallest absolute Gasteiger partial charge is 0.338 e. The number of aromatic nitrogens is 1. The summed E-state index contributed by atoms with van der Waals surface area (Å²) in [6, 6.07) is 13.1. The summed E-state index contributed by atoms with van der Waals surface area (Å²) in [4.78, 5) is 28.6. The third-order valence-corrected chi connectivity index (χ3v) is 5.28. The van der Waals surface area contributed by atoms with Crippen LogP contribution in [0.1, 0.15) is 21.5 Å².